The van der Waals surface area contributed by atoms with E-state index in [0.717, 1.165) is 16.0 Å². The molecular weight excluding hydrogens is 374 g/mol. The number of hydrogen-bond acceptors (Lipinski definition) is 8. The third kappa shape index (κ3) is 3.81. The van der Waals surface area contributed by atoms with Crippen LogP contribution in [0.1, 0.15) is 27.7 Å². The normalized spacial score (nSPS) is 10.7. The van der Waals surface area contributed by atoms with Gasteiger partial charge in [-0.05, 0) is 43.0 Å². The van der Waals surface area contributed by atoms with E-state index in [1.165, 1.54) is 27.5 Å². The molecule has 3 aromatic rings. The first-order chi connectivity index (χ1) is 12.5. The van der Waals surface area contributed by atoms with Crippen LogP contribution in [0.4, 0.5) is 5.00 Å². The summed E-state index contributed by atoms with van der Waals surface area (Å²) in [5.41, 5.74) is 2.06. The van der Waals surface area contributed by atoms with Crippen LogP contribution >= 0.6 is 22.7 Å². The van der Waals surface area contributed by atoms with Crippen molar-refractivity contribution in [2.24, 2.45) is 0 Å². The standard InChI is InChI=1S/C16H17N5O3S2/c1-4-24-16(23)13-9(2)10(3)26-15(13)17-12(22)7-21-19-14(18-20-21)11-5-6-25-8-11/h5-6,8H,4,7H2,1-3H3,(H,17,22). The van der Waals surface area contributed by atoms with Crippen molar-refractivity contribution < 1.29 is 14.3 Å². The first kappa shape index (κ1) is 18.2. The maximum absolute atomic E-state index is 12.3. The summed E-state index contributed by atoms with van der Waals surface area (Å²) in [5, 5.41) is 19.1. The van der Waals surface area contributed by atoms with Crippen LogP contribution < -0.4 is 5.32 Å². The van der Waals surface area contributed by atoms with E-state index in [-0.39, 0.29) is 19.1 Å². The highest BCUT2D eigenvalue weighted by Gasteiger charge is 2.22. The minimum atomic E-state index is -0.441. The summed E-state index contributed by atoms with van der Waals surface area (Å²) in [6, 6.07) is 1.88. The molecule has 0 saturated heterocycles. The van der Waals surface area contributed by atoms with Crippen molar-refractivity contribution >= 4 is 39.6 Å². The molecule has 0 fully saturated rings. The van der Waals surface area contributed by atoms with E-state index in [1.54, 1.807) is 6.92 Å². The second kappa shape index (κ2) is 7.75. The first-order valence-corrected chi connectivity index (χ1v) is 9.62. The monoisotopic (exact) mass is 391 g/mol. The van der Waals surface area contributed by atoms with Crippen LogP contribution in [-0.4, -0.2) is 38.7 Å². The molecule has 8 nitrogen and oxygen atoms in total. The Hall–Kier alpha value is -2.59. The molecule has 1 N–H and O–H groups in total. The van der Waals surface area contributed by atoms with Crippen LogP contribution in [0.15, 0.2) is 16.8 Å². The van der Waals surface area contributed by atoms with E-state index in [0.29, 0.717) is 16.4 Å². The van der Waals surface area contributed by atoms with Gasteiger partial charge in [-0.25, -0.2) is 4.79 Å². The Morgan fingerprint density at radius 1 is 1.35 bits per heavy atom. The SMILES string of the molecule is CCOC(=O)c1c(NC(=O)Cn2nnc(-c3ccsc3)n2)sc(C)c1C. The first-order valence-electron chi connectivity index (χ1n) is 7.87. The van der Waals surface area contributed by atoms with Gasteiger partial charge in [0.1, 0.15) is 11.5 Å². The zero-order valence-electron chi connectivity index (χ0n) is 14.5. The number of aromatic nitrogens is 4. The fraction of sp³-hybridized carbons (Fsp3) is 0.312. The van der Waals surface area contributed by atoms with Crippen molar-refractivity contribution in [3.8, 4) is 11.4 Å². The van der Waals surface area contributed by atoms with Gasteiger partial charge in [0.25, 0.3) is 0 Å². The lowest BCUT2D eigenvalue weighted by Gasteiger charge is -2.06. The Kier molecular flexibility index (Phi) is 5.43. The molecule has 1 amide bonds. The third-order valence-electron chi connectivity index (χ3n) is 3.64. The van der Waals surface area contributed by atoms with Gasteiger partial charge in [-0.3, -0.25) is 4.79 Å². The number of rotatable bonds is 6. The number of hydrogen-bond donors (Lipinski definition) is 1. The van der Waals surface area contributed by atoms with Gasteiger partial charge in [0, 0.05) is 15.8 Å². The fourth-order valence-corrected chi connectivity index (χ4v) is 3.98. The maximum Gasteiger partial charge on any atom is 0.341 e. The van der Waals surface area contributed by atoms with E-state index in [2.05, 4.69) is 20.7 Å². The number of aryl methyl sites for hydroxylation is 1. The lowest BCUT2D eigenvalue weighted by Crippen LogP contribution is -2.21. The largest absolute Gasteiger partial charge is 0.462 e. The number of anilines is 1. The second-order valence-corrected chi connectivity index (χ2v) is 7.42. The molecule has 0 saturated carbocycles. The highest BCUT2D eigenvalue weighted by atomic mass is 32.1. The van der Waals surface area contributed by atoms with E-state index >= 15 is 0 Å². The molecule has 10 heteroatoms. The summed E-state index contributed by atoms with van der Waals surface area (Å²) >= 11 is 2.87. The second-order valence-electron chi connectivity index (χ2n) is 5.41. The maximum atomic E-state index is 12.3. The Bertz CT molecular complexity index is 930. The van der Waals surface area contributed by atoms with E-state index < -0.39 is 5.97 Å². The molecule has 0 aliphatic carbocycles. The number of carbonyl (C=O) groups is 2. The molecule has 0 aliphatic rings. The van der Waals surface area contributed by atoms with Gasteiger partial charge in [-0.2, -0.15) is 16.1 Å². The van der Waals surface area contributed by atoms with Crippen LogP contribution in [0.5, 0.6) is 0 Å². The molecule has 0 aliphatic heterocycles. The zero-order chi connectivity index (χ0) is 18.7. The number of amides is 1. The Balaban J connectivity index is 1.73. The van der Waals surface area contributed by atoms with Crippen molar-refractivity contribution in [3.05, 3.63) is 32.8 Å². The molecule has 0 radical (unpaired) electrons. The number of nitrogens with one attached hydrogen (secondary N) is 1. The van der Waals surface area contributed by atoms with E-state index in [1.807, 2.05) is 30.7 Å². The van der Waals surface area contributed by atoms with Gasteiger partial charge in [-0.15, -0.1) is 21.5 Å². The molecule has 3 rings (SSSR count). The molecule has 136 valence electrons. The summed E-state index contributed by atoms with van der Waals surface area (Å²) in [4.78, 5) is 26.7. The number of thiophene rings is 2. The lowest BCUT2D eigenvalue weighted by atomic mass is 10.1. The predicted octanol–water partition coefficient (Wildman–Crippen LogP) is 2.90. The summed E-state index contributed by atoms with van der Waals surface area (Å²) in [7, 11) is 0. The van der Waals surface area contributed by atoms with Crippen LogP contribution in [0.3, 0.4) is 0 Å². The van der Waals surface area contributed by atoms with Crippen molar-refractivity contribution in [3.63, 3.8) is 0 Å². The number of nitrogens with zero attached hydrogens (tertiary/aromatic N) is 4. The fourth-order valence-electron chi connectivity index (χ4n) is 2.28. The average molecular weight is 391 g/mol. The van der Waals surface area contributed by atoms with E-state index in [9.17, 15) is 9.59 Å². The van der Waals surface area contributed by atoms with Crippen molar-refractivity contribution in [2.45, 2.75) is 27.3 Å². The number of carbonyl (C=O) groups excluding carboxylic acids is 2. The van der Waals surface area contributed by atoms with Crippen molar-refractivity contribution in [1.29, 1.82) is 0 Å². The zero-order valence-corrected chi connectivity index (χ0v) is 16.1. The summed E-state index contributed by atoms with van der Waals surface area (Å²) in [6.07, 6.45) is 0. The topological polar surface area (TPSA) is 99.0 Å². The Morgan fingerprint density at radius 2 is 2.15 bits per heavy atom. The third-order valence-corrected chi connectivity index (χ3v) is 5.44. The predicted molar refractivity (Wildman–Crippen MR) is 99.5 cm³/mol. The Labute approximate surface area is 157 Å². The van der Waals surface area contributed by atoms with Crippen LogP contribution in [0.25, 0.3) is 11.4 Å². The van der Waals surface area contributed by atoms with Crippen molar-refractivity contribution in [2.75, 3.05) is 11.9 Å². The van der Waals surface area contributed by atoms with Gasteiger partial charge in [0.05, 0.1) is 12.2 Å². The van der Waals surface area contributed by atoms with Crippen LogP contribution in [0, 0.1) is 13.8 Å². The number of ether oxygens (including phenoxy) is 1. The van der Waals surface area contributed by atoms with Gasteiger partial charge >= 0.3 is 5.97 Å². The molecule has 3 heterocycles. The molecule has 26 heavy (non-hydrogen) atoms. The molecule has 3 aromatic heterocycles. The highest BCUT2D eigenvalue weighted by molar-refractivity contribution is 7.16. The molecule has 0 aromatic carbocycles. The molecule has 0 unspecified atom stereocenters. The molecular formula is C16H17N5O3S2. The van der Waals surface area contributed by atoms with Crippen LogP contribution in [0.2, 0.25) is 0 Å². The van der Waals surface area contributed by atoms with Crippen LogP contribution in [-0.2, 0) is 16.1 Å². The smallest absolute Gasteiger partial charge is 0.341 e. The van der Waals surface area contributed by atoms with Crippen molar-refractivity contribution in [1.82, 2.24) is 20.2 Å². The lowest BCUT2D eigenvalue weighted by molar-refractivity contribution is -0.117. The molecule has 0 atom stereocenters. The summed E-state index contributed by atoms with van der Waals surface area (Å²) < 4.78 is 5.08. The molecule has 0 bridgehead atoms. The Morgan fingerprint density at radius 3 is 2.85 bits per heavy atom. The van der Waals surface area contributed by atoms with Gasteiger partial charge < -0.3 is 10.1 Å². The van der Waals surface area contributed by atoms with Gasteiger partial charge in [0.2, 0.25) is 11.7 Å². The molecule has 0 spiro atoms. The quantitative estimate of drug-likeness (QED) is 0.649. The van der Waals surface area contributed by atoms with Gasteiger partial charge in [0.15, 0.2) is 0 Å². The average Bonchev–Trinajstić information content (AvgIpc) is 3.30. The summed E-state index contributed by atoms with van der Waals surface area (Å²) in [5.74, 6) is -0.316. The summed E-state index contributed by atoms with van der Waals surface area (Å²) in [6.45, 7) is 5.64. The highest BCUT2D eigenvalue weighted by Crippen LogP contribution is 2.33. The minimum absolute atomic E-state index is 0.102. The minimum Gasteiger partial charge on any atom is -0.462 e. The number of esters is 1. The van der Waals surface area contributed by atoms with E-state index in [4.69, 9.17) is 4.74 Å². The number of tetrazole rings is 1. The van der Waals surface area contributed by atoms with Gasteiger partial charge in [-0.1, -0.05) is 0 Å².